The summed E-state index contributed by atoms with van der Waals surface area (Å²) in [5.74, 6) is -1.35. The molecule has 2 aliphatic heterocycles. The molecule has 1 aromatic heterocycles. The summed E-state index contributed by atoms with van der Waals surface area (Å²) < 4.78 is 6.06. The van der Waals surface area contributed by atoms with Crippen LogP contribution in [0.1, 0.15) is 29.8 Å². The summed E-state index contributed by atoms with van der Waals surface area (Å²) in [6, 6.07) is 17.9. The molecule has 1 fully saturated rings. The number of anilines is 1. The van der Waals surface area contributed by atoms with Crippen molar-refractivity contribution >= 4 is 51.7 Å². The Bertz CT molecular complexity index is 1480. The van der Waals surface area contributed by atoms with E-state index < -0.39 is 35.3 Å². The van der Waals surface area contributed by atoms with Crippen molar-refractivity contribution in [1.82, 2.24) is 15.2 Å². The zero-order valence-corrected chi connectivity index (χ0v) is 23.7. The first kappa shape index (κ1) is 28.1. The first-order valence-electron chi connectivity index (χ1n) is 12.8. The second kappa shape index (κ2) is 12.4. The van der Waals surface area contributed by atoms with Gasteiger partial charge in [-0.25, -0.2) is 9.78 Å². The molecule has 3 aromatic rings. The predicted octanol–water partition coefficient (Wildman–Crippen LogP) is 3.64. The SMILES string of the molecule is C=CC1=C(C(=O)OC(c2ccccc2)c2ccccc2)N2C(=O)C(NC(=O)/C(=N/OCC)c3csc(N)n3)C2SC1. The summed E-state index contributed by atoms with van der Waals surface area (Å²) in [6.45, 7) is 5.80. The predicted molar refractivity (Wildman–Crippen MR) is 158 cm³/mol. The number of carbonyl (C=O) groups excluding carboxylic acids is 3. The Labute approximate surface area is 244 Å². The summed E-state index contributed by atoms with van der Waals surface area (Å²) in [5.41, 5.74) is 8.15. The van der Waals surface area contributed by atoms with E-state index in [-0.39, 0.29) is 28.8 Å². The van der Waals surface area contributed by atoms with Crippen LogP contribution in [0.25, 0.3) is 0 Å². The Morgan fingerprint density at radius 1 is 1.20 bits per heavy atom. The van der Waals surface area contributed by atoms with Gasteiger partial charge in [0.25, 0.3) is 11.8 Å². The van der Waals surface area contributed by atoms with E-state index in [0.29, 0.717) is 11.3 Å². The number of nitrogens with two attached hydrogens (primary N) is 1. The molecule has 0 bridgehead atoms. The molecule has 2 unspecified atom stereocenters. The number of thiazole rings is 1. The van der Waals surface area contributed by atoms with Gasteiger partial charge in [0.15, 0.2) is 16.9 Å². The van der Waals surface area contributed by atoms with Crippen LogP contribution in [0.2, 0.25) is 0 Å². The van der Waals surface area contributed by atoms with Gasteiger partial charge in [0.2, 0.25) is 0 Å². The molecule has 2 aliphatic rings. The highest BCUT2D eigenvalue weighted by Crippen LogP contribution is 2.42. The molecule has 0 saturated carbocycles. The molecule has 0 spiro atoms. The van der Waals surface area contributed by atoms with E-state index in [1.807, 2.05) is 60.7 Å². The zero-order chi connectivity index (χ0) is 28.9. The minimum atomic E-state index is -0.900. The molecule has 210 valence electrons. The molecule has 2 aromatic carbocycles. The number of nitrogens with zero attached hydrogens (tertiary/aromatic N) is 3. The van der Waals surface area contributed by atoms with E-state index in [1.54, 1.807) is 18.4 Å². The smallest absolute Gasteiger partial charge is 0.356 e. The molecule has 3 heterocycles. The van der Waals surface area contributed by atoms with E-state index in [9.17, 15) is 14.4 Å². The summed E-state index contributed by atoms with van der Waals surface area (Å²) >= 11 is 2.56. The molecule has 5 rings (SSSR count). The molecule has 12 heteroatoms. The lowest BCUT2D eigenvalue weighted by atomic mass is 10.0. The number of carbonyl (C=O) groups is 3. The van der Waals surface area contributed by atoms with Crippen LogP contribution in [-0.2, 0) is 24.0 Å². The van der Waals surface area contributed by atoms with E-state index in [0.717, 1.165) is 22.5 Å². The highest BCUT2D eigenvalue weighted by molar-refractivity contribution is 8.00. The van der Waals surface area contributed by atoms with Gasteiger partial charge < -0.3 is 20.6 Å². The number of thioether (sulfide) groups is 1. The number of rotatable bonds is 10. The maximum atomic E-state index is 13.7. The van der Waals surface area contributed by atoms with Crippen LogP contribution in [0.4, 0.5) is 5.13 Å². The number of esters is 1. The number of allylic oxidation sites excluding steroid dienone is 1. The van der Waals surface area contributed by atoms with Crippen LogP contribution in [0.15, 0.2) is 95.1 Å². The van der Waals surface area contributed by atoms with Crippen LogP contribution in [0.5, 0.6) is 0 Å². The number of aromatic nitrogens is 1. The average molecular weight is 590 g/mol. The number of amides is 2. The number of oxime groups is 1. The van der Waals surface area contributed by atoms with Gasteiger partial charge in [-0.2, -0.15) is 0 Å². The van der Waals surface area contributed by atoms with E-state index in [4.69, 9.17) is 15.3 Å². The van der Waals surface area contributed by atoms with Crippen LogP contribution < -0.4 is 11.1 Å². The number of nitrogens with one attached hydrogen (secondary N) is 1. The Kier molecular flexibility index (Phi) is 8.50. The number of fused-ring (bicyclic) bond motifs is 1. The van der Waals surface area contributed by atoms with Crippen molar-refractivity contribution in [2.24, 2.45) is 5.16 Å². The Balaban J connectivity index is 1.37. The van der Waals surface area contributed by atoms with Crippen molar-refractivity contribution in [2.45, 2.75) is 24.4 Å². The fourth-order valence-electron chi connectivity index (χ4n) is 4.48. The lowest BCUT2D eigenvalue weighted by Gasteiger charge is -2.49. The van der Waals surface area contributed by atoms with Gasteiger partial charge in [0.05, 0.1) is 0 Å². The first-order chi connectivity index (χ1) is 19.9. The topological polar surface area (TPSA) is 136 Å². The van der Waals surface area contributed by atoms with Crippen LogP contribution in [0, 0.1) is 0 Å². The number of nitrogen functional groups attached to an aromatic ring is 1. The van der Waals surface area contributed by atoms with Crippen molar-refractivity contribution in [2.75, 3.05) is 18.1 Å². The summed E-state index contributed by atoms with van der Waals surface area (Å²) in [5, 5.41) is 7.94. The molecule has 0 radical (unpaired) electrons. The highest BCUT2D eigenvalue weighted by Gasteiger charge is 2.54. The van der Waals surface area contributed by atoms with E-state index in [2.05, 4.69) is 22.0 Å². The second-order valence-corrected chi connectivity index (χ2v) is 11.0. The number of benzene rings is 2. The first-order valence-corrected chi connectivity index (χ1v) is 14.7. The standard InChI is InChI=1S/C29H27N5O5S2/c1-3-17-15-40-27-22(32-25(35)21(33-38-4-2)20-16-41-29(30)31-20)26(36)34(27)23(17)28(37)39-24(18-11-7-5-8-12-18)19-13-9-6-10-14-19/h3,5-14,16,22,24,27H,1,4,15H2,2H3,(H2,30,31)(H,32,35)/b33-21+. The van der Waals surface area contributed by atoms with Gasteiger partial charge in [-0.3, -0.25) is 14.5 Å². The van der Waals surface area contributed by atoms with Crippen molar-refractivity contribution in [3.63, 3.8) is 0 Å². The Morgan fingerprint density at radius 3 is 2.41 bits per heavy atom. The van der Waals surface area contributed by atoms with Gasteiger partial charge in [0.1, 0.15) is 29.4 Å². The maximum absolute atomic E-state index is 13.7. The fraction of sp³-hybridized carbons (Fsp3) is 0.207. The second-order valence-electron chi connectivity index (χ2n) is 8.97. The molecular formula is C29H27N5O5S2. The molecular weight excluding hydrogens is 562 g/mol. The van der Waals surface area contributed by atoms with Crippen LogP contribution >= 0.6 is 23.1 Å². The third-order valence-corrected chi connectivity index (χ3v) is 8.39. The third-order valence-electron chi connectivity index (χ3n) is 6.42. The van der Waals surface area contributed by atoms with Crippen molar-refractivity contribution in [1.29, 1.82) is 0 Å². The summed E-state index contributed by atoms with van der Waals surface area (Å²) in [6.07, 6.45) is 0.865. The largest absolute Gasteiger partial charge is 0.448 e. The number of hydrogen-bond acceptors (Lipinski definition) is 10. The number of ether oxygens (including phenoxy) is 1. The van der Waals surface area contributed by atoms with Gasteiger partial charge in [0, 0.05) is 11.1 Å². The normalized spacial score (nSPS) is 18.4. The minimum absolute atomic E-state index is 0.0950. The molecule has 41 heavy (non-hydrogen) atoms. The zero-order valence-electron chi connectivity index (χ0n) is 22.1. The average Bonchev–Trinajstić information content (AvgIpc) is 3.44. The van der Waals surface area contributed by atoms with Gasteiger partial charge >= 0.3 is 5.97 Å². The lowest BCUT2D eigenvalue weighted by molar-refractivity contribution is -0.154. The van der Waals surface area contributed by atoms with Gasteiger partial charge in [-0.15, -0.1) is 23.1 Å². The van der Waals surface area contributed by atoms with Crippen LogP contribution in [-0.4, -0.2) is 57.2 Å². The molecule has 0 aliphatic carbocycles. The lowest BCUT2D eigenvalue weighted by Crippen LogP contribution is -2.71. The van der Waals surface area contributed by atoms with Crippen LogP contribution in [0.3, 0.4) is 0 Å². The quantitative estimate of drug-likeness (QED) is 0.158. The highest BCUT2D eigenvalue weighted by atomic mass is 32.2. The monoisotopic (exact) mass is 589 g/mol. The summed E-state index contributed by atoms with van der Waals surface area (Å²) in [7, 11) is 0. The molecule has 3 N–H and O–H groups in total. The molecule has 2 atom stereocenters. The van der Waals surface area contributed by atoms with Crippen molar-refractivity contribution < 1.29 is 24.0 Å². The molecule has 10 nitrogen and oxygen atoms in total. The maximum Gasteiger partial charge on any atom is 0.356 e. The van der Waals surface area contributed by atoms with Gasteiger partial charge in [-0.05, 0) is 23.6 Å². The van der Waals surface area contributed by atoms with Gasteiger partial charge in [-0.1, -0.05) is 78.5 Å². The van der Waals surface area contributed by atoms with Crippen molar-refractivity contribution in [3.05, 3.63) is 107 Å². The van der Waals surface area contributed by atoms with E-state index in [1.165, 1.54) is 16.7 Å². The summed E-state index contributed by atoms with van der Waals surface area (Å²) in [4.78, 5) is 50.9. The Morgan fingerprint density at radius 2 is 1.85 bits per heavy atom. The minimum Gasteiger partial charge on any atom is -0.448 e. The number of β-lactam (4-membered cyclic amide) rings is 1. The number of hydrogen-bond donors (Lipinski definition) is 2. The van der Waals surface area contributed by atoms with E-state index >= 15 is 0 Å². The molecule has 1 saturated heterocycles. The van der Waals surface area contributed by atoms with Crippen molar-refractivity contribution in [3.8, 4) is 0 Å². The fourth-order valence-corrected chi connectivity index (χ4v) is 6.36. The Hall–Kier alpha value is -4.42. The molecule has 2 amide bonds. The third kappa shape index (κ3) is 5.74.